The zero-order chi connectivity index (χ0) is 20.7. The van der Waals surface area contributed by atoms with E-state index in [-0.39, 0.29) is 24.0 Å². The van der Waals surface area contributed by atoms with Crippen LogP contribution in [0.4, 0.5) is 15.8 Å². The summed E-state index contributed by atoms with van der Waals surface area (Å²) in [7, 11) is 4.71. The number of nitrogen functional groups attached to an aromatic ring is 1. The van der Waals surface area contributed by atoms with Crippen molar-refractivity contribution >= 4 is 17.3 Å². The lowest BCUT2D eigenvalue weighted by Gasteiger charge is -2.29. The normalized spacial score (nSPS) is 12.5. The van der Waals surface area contributed by atoms with Crippen LogP contribution < -0.4 is 26.4 Å². The van der Waals surface area contributed by atoms with Gasteiger partial charge in [0, 0.05) is 30.8 Å². The van der Waals surface area contributed by atoms with Gasteiger partial charge in [-0.2, -0.15) is 0 Å². The number of nitrogens with one attached hydrogen (secondary N) is 1. The van der Waals surface area contributed by atoms with Crippen molar-refractivity contribution in [2.24, 2.45) is 5.73 Å². The maximum Gasteiger partial charge on any atom is 0.247 e. The molecule has 150 valence electrons. The molecule has 0 radical (unpaired) electrons. The molecular formula is C19H29FN4O3. The van der Waals surface area contributed by atoms with E-state index in [1.165, 1.54) is 14.0 Å². The number of allylic oxidation sites excluding steroid dienone is 2. The van der Waals surface area contributed by atoms with Gasteiger partial charge in [0.1, 0.15) is 5.75 Å². The third-order valence-corrected chi connectivity index (χ3v) is 4.20. The summed E-state index contributed by atoms with van der Waals surface area (Å²) >= 11 is 0. The van der Waals surface area contributed by atoms with Crippen molar-refractivity contribution in [3.63, 3.8) is 0 Å². The molecule has 0 fully saturated rings. The van der Waals surface area contributed by atoms with Gasteiger partial charge in [0.2, 0.25) is 11.8 Å². The summed E-state index contributed by atoms with van der Waals surface area (Å²) in [5.74, 6) is -1.05. The van der Waals surface area contributed by atoms with E-state index in [1.54, 1.807) is 19.2 Å². The van der Waals surface area contributed by atoms with Crippen LogP contribution in [-0.2, 0) is 16.1 Å². The lowest BCUT2D eigenvalue weighted by Crippen LogP contribution is -2.30. The minimum Gasteiger partial charge on any atom is -0.496 e. The quantitative estimate of drug-likeness (QED) is 0.277. The van der Waals surface area contributed by atoms with Crippen molar-refractivity contribution in [3.8, 4) is 5.75 Å². The van der Waals surface area contributed by atoms with E-state index in [1.807, 2.05) is 25.8 Å². The highest BCUT2D eigenvalue weighted by Gasteiger charge is 2.19. The molecule has 0 aliphatic carbocycles. The van der Waals surface area contributed by atoms with Gasteiger partial charge in [0.05, 0.1) is 25.6 Å². The molecule has 1 aromatic rings. The monoisotopic (exact) mass is 380 g/mol. The largest absolute Gasteiger partial charge is 0.496 e. The molecule has 0 heterocycles. The second-order valence-corrected chi connectivity index (χ2v) is 6.32. The fraction of sp³-hybridized carbons (Fsp3) is 0.421. The Morgan fingerprint density at radius 1 is 1.37 bits per heavy atom. The SMILES string of the molecule is CO/C(N)=C(F)/C=C(\C)C(=O)NCc1c(OC)ccc(N)c1N(C)C(C)C. The Hall–Kier alpha value is -2.90. The van der Waals surface area contributed by atoms with Crippen LogP contribution in [0.2, 0.25) is 0 Å². The average molecular weight is 380 g/mol. The number of ether oxygens (including phenoxy) is 2. The molecule has 7 nitrogen and oxygen atoms in total. The van der Waals surface area contributed by atoms with E-state index in [2.05, 4.69) is 10.1 Å². The van der Waals surface area contributed by atoms with Crippen molar-refractivity contribution in [2.45, 2.75) is 33.4 Å². The number of rotatable bonds is 8. The summed E-state index contributed by atoms with van der Waals surface area (Å²) in [6.45, 7) is 5.71. The predicted octanol–water partition coefficient (Wildman–Crippen LogP) is 2.43. The zero-order valence-corrected chi connectivity index (χ0v) is 16.7. The van der Waals surface area contributed by atoms with Crippen LogP contribution in [0.3, 0.4) is 0 Å². The van der Waals surface area contributed by atoms with Gasteiger partial charge >= 0.3 is 0 Å². The molecule has 0 saturated heterocycles. The number of nitrogens with two attached hydrogens (primary N) is 2. The number of carbonyl (C=O) groups is 1. The zero-order valence-electron chi connectivity index (χ0n) is 16.7. The smallest absolute Gasteiger partial charge is 0.247 e. The van der Waals surface area contributed by atoms with Crippen LogP contribution in [0.15, 0.2) is 35.5 Å². The molecule has 0 aliphatic rings. The molecule has 0 unspecified atom stereocenters. The summed E-state index contributed by atoms with van der Waals surface area (Å²) in [4.78, 5) is 14.3. The molecular weight excluding hydrogens is 351 g/mol. The Bertz CT molecular complexity index is 745. The van der Waals surface area contributed by atoms with Crippen molar-refractivity contribution in [3.05, 3.63) is 41.1 Å². The standard InChI is InChI=1S/C19H29FN4O3/c1-11(2)24(4)17-13(16(26-5)8-7-15(17)21)10-23-19(25)12(3)9-14(20)18(22)27-6/h7-9,11H,10,21-22H2,1-6H3,(H,23,25)/b12-9+,18-14-. The number of anilines is 2. The first-order valence-electron chi connectivity index (χ1n) is 8.47. The first kappa shape index (κ1) is 22.1. The summed E-state index contributed by atoms with van der Waals surface area (Å²) < 4.78 is 23.8. The van der Waals surface area contributed by atoms with E-state index >= 15 is 0 Å². The van der Waals surface area contributed by atoms with Gasteiger partial charge in [-0.3, -0.25) is 4.79 Å². The Morgan fingerprint density at radius 3 is 2.52 bits per heavy atom. The van der Waals surface area contributed by atoms with E-state index in [0.717, 1.165) is 17.3 Å². The second kappa shape index (κ2) is 9.70. The van der Waals surface area contributed by atoms with Gasteiger partial charge in [-0.25, -0.2) is 4.39 Å². The van der Waals surface area contributed by atoms with E-state index in [0.29, 0.717) is 11.4 Å². The molecule has 0 saturated carbocycles. The number of methoxy groups -OCH3 is 2. The first-order valence-corrected chi connectivity index (χ1v) is 8.47. The highest BCUT2D eigenvalue weighted by atomic mass is 19.1. The van der Waals surface area contributed by atoms with Gasteiger partial charge in [0.25, 0.3) is 0 Å². The third kappa shape index (κ3) is 5.54. The van der Waals surface area contributed by atoms with Crippen LogP contribution in [0.25, 0.3) is 0 Å². The maximum atomic E-state index is 13.7. The molecule has 27 heavy (non-hydrogen) atoms. The van der Waals surface area contributed by atoms with Crippen LogP contribution in [0, 0.1) is 0 Å². The first-order chi connectivity index (χ1) is 12.6. The Morgan fingerprint density at radius 2 is 2.00 bits per heavy atom. The third-order valence-electron chi connectivity index (χ3n) is 4.20. The molecule has 0 aliphatic heterocycles. The maximum absolute atomic E-state index is 13.7. The highest BCUT2D eigenvalue weighted by Crippen LogP contribution is 2.35. The molecule has 0 atom stereocenters. The summed E-state index contributed by atoms with van der Waals surface area (Å²) in [6.07, 6.45) is 1.02. The molecule has 5 N–H and O–H groups in total. The van der Waals surface area contributed by atoms with Crippen LogP contribution in [0.1, 0.15) is 26.3 Å². The molecule has 0 bridgehead atoms. The fourth-order valence-corrected chi connectivity index (χ4v) is 2.41. The van der Waals surface area contributed by atoms with Gasteiger partial charge in [-0.1, -0.05) is 0 Å². The number of hydrogen-bond donors (Lipinski definition) is 3. The highest BCUT2D eigenvalue weighted by molar-refractivity contribution is 5.93. The molecule has 1 aromatic carbocycles. The van der Waals surface area contributed by atoms with E-state index in [4.69, 9.17) is 16.2 Å². The van der Waals surface area contributed by atoms with Gasteiger partial charge in [-0.05, 0) is 39.0 Å². The van der Waals surface area contributed by atoms with Crippen molar-refractivity contribution < 1.29 is 18.7 Å². The molecule has 0 spiro atoms. The Balaban J connectivity index is 3.13. The molecule has 0 aromatic heterocycles. The number of halogens is 1. The summed E-state index contributed by atoms with van der Waals surface area (Å²) in [5, 5.41) is 2.76. The van der Waals surface area contributed by atoms with Crippen molar-refractivity contribution in [2.75, 3.05) is 31.9 Å². The van der Waals surface area contributed by atoms with Crippen molar-refractivity contribution in [1.29, 1.82) is 0 Å². The van der Waals surface area contributed by atoms with Gasteiger partial charge in [0.15, 0.2) is 5.83 Å². The lowest BCUT2D eigenvalue weighted by atomic mass is 10.1. The van der Waals surface area contributed by atoms with E-state index in [9.17, 15) is 9.18 Å². The minimum atomic E-state index is -0.813. The number of nitrogens with zero attached hydrogens (tertiary/aromatic N) is 1. The van der Waals surface area contributed by atoms with Crippen LogP contribution in [0.5, 0.6) is 5.75 Å². The van der Waals surface area contributed by atoms with E-state index < -0.39 is 11.7 Å². The van der Waals surface area contributed by atoms with Crippen molar-refractivity contribution in [1.82, 2.24) is 5.32 Å². The average Bonchev–Trinajstić information content (AvgIpc) is 2.64. The van der Waals surface area contributed by atoms with Crippen LogP contribution in [-0.4, -0.2) is 33.2 Å². The fourth-order valence-electron chi connectivity index (χ4n) is 2.41. The molecule has 1 rings (SSSR count). The van der Waals surface area contributed by atoms with Gasteiger partial charge in [-0.15, -0.1) is 0 Å². The number of hydrogen-bond acceptors (Lipinski definition) is 6. The topological polar surface area (TPSA) is 103 Å². The number of benzene rings is 1. The van der Waals surface area contributed by atoms with Gasteiger partial charge < -0.3 is 31.2 Å². The summed E-state index contributed by atoms with van der Waals surface area (Å²) in [5.41, 5.74) is 13.7. The Labute approximate surface area is 159 Å². The molecule has 1 amide bonds. The second-order valence-electron chi connectivity index (χ2n) is 6.32. The summed E-state index contributed by atoms with van der Waals surface area (Å²) in [6, 6.07) is 3.70. The van der Waals surface area contributed by atoms with Crippen LogP contribution >= 0.6 is 0 Å². The lowest BCUT2D eigenvalue weighted by molar-refractivity contribution is -0.117. The number of amides is 1. The minimum absolute atomic E-state index is 0.147. The molecule has 8 heteroatoms. The number of carbonyl (C=O) groups excluding carboxylic acids is 1. The Kier molecular flexibility index (Phi) is 7.96. The predicted molar refractivity (Wildman–Crippen MR) is 106 cm³/mol.